The van der Waals surface area contributed by atoms with Gasteiger partial charge in [0.25, 0.3) is 0 Å². The van der Waals surface area contributed by atoms with E-state index in [0.29, 0.717) is 12.5 Å². The summed E-state index contributed by atoms with van der Waals surface area (Å²) in [6, 6.07) is 12.2. The minimum absolute atomic E-state index is 0.466. The van der Waals surface area contributed by atoms with E-state index >= 15 is 0 Å². The Morgan fingerprint density at radius 1 is 1.15 bits per heavy atom. The van der Waals surface area contributed by atoms with E-state index in [1.807, 2.05) is 24.3 Å². The molecule has 0 saturated heterocycles. The van der Waals surface area contributed by atoms with E-state index in [0.717, 1.165) is 30.4 Å². The molecule has 3 heteroatoms. The molecule has 20 heavy (non-hydrogen) atoms. The van der Waals surface area contributed by atoms with Gasteiger partial charge in [0.2, 0.25) is 0 Å². The molecule has 0 amide bonds. The van der Waals surface area contributed by atoms with Crippen LogP contribution < -0.4 is 10.1 Å². The molecule has 0 fully saturated rings. The molecule has 0 aliphatic rings. The Morgan fingerprint density at radius 3 is 2.70 bits per heavy atom. The van der Waals surface area contributed by atoms with Gasteiger partial charge in [0.15, 0.2) is 0 Å². The molecule has 1 heterocycles. The third kappa shape index (κ3) is 4.14. The van der Waals surface area contributed by atoms with Gasteiger partial charge >= 0.3 is 0 Å². The Bertz CT molecular complexity index is 531. The molecule has 1 N–H and O–H groups in total. The molecule has 1 aromatic heterocycles. The third-order valence-electron chi connectivity index (χ3n) is 3.17. The molecule has 0 unspecified atom stereocenters. The Balaban J connectivity index is 1.91. The summed E-state index contributed by atoms with van der Waals surface area (Å²) in [6.07, 6.45) is 0. The number of nitrogens with one attached hydrogen (secondary N) is 1. The summed E-state index contributed by atoms with van der Waals surface area (Å²) in [5.74, 6) is 3.20. The summed E-state index contributed by atoms with van der Waals surface area (Å²) >= 11 is 0. The molecule has 2 rings (SSSR count). The molecule has 2 aromatic rings. The van der Waals surface area contributed by atoms with E-state index in [2.05, 4.69) is 38.2 Å². The van der Waals surface area contributed by atoms with Gasteiger partial charge in [-0.2, -0.15) is 0 Å². The van der Waals surface area contributed by atoms with E-state index < -0.39 is 0 Å². The highest BCUT2D eigenvalue weighted by Crippen LogP contribution is 2.21. The van der Waals surface area contributed by atoms with Crippen molar-refractivity contribution in [3.63, 3.8) is 0 Å². The smallest absolute Gasteiger partial charge is 0.146 e. The van der Waals surface area contributed by atoms with Crippen molar-refractivity contribution in [1.82, 2.24) is 5.32 Å². The first kappa shape index (κ1) is 14.7. The maximum Gasteiger partial charge on any atom is 0.146 e. The fourth-order valence-corrected chi connectivity index (χ4v) is 1.96. The number of hydrogen-bond donors (Lipinski definition) is 1. The van der Waals surface area contributed by atoms with Crippen LogP contribution in [0.2, 0.25) is 0 Å². The number of furan rings is 1. The number of rotatable bonds is 7. The summed E-state index contributed by atoms with van der Waals surface area (Å²) in [5.41, 5.74) is 1.29. The van der Waals surface area contributed by atoms with E-state index in [4.69, 9.17) is 9.15 Å². The molecule has 0 atom stereocenters. The lowest BCUT2D eigenvalue weighted by Crippen LogP contribution is -2.10. The highest BCUT2D eigenvalue weighted by molar-refractivity contribution is 5.30. The van der Waals surface area contributed by atoms with Gasteiger partial charge in [-0.15, -0.1) is 0 Å². The molecular weight excluding hydrogens is 250 g/mol. The van der Waals surface area contributed by atoms with Gasteiger partial charge in [0.1, 0.15) is 23.9 Å². The van der Waals surface area contributed by atoms with Crippen molar-refractivity contribution in [2.24, 2.45) is 0 Å². The quantitative estimate of drug-likeness (QED) is 0.825. The zero-order chi connectivity index (χ0) is 14.4. The fourth-order valence-electron chi connectivity index (χ4n) is 1.96. The van der Waals surface area contributed by atoms with Crippen LogP contribution >= 0.6 is 0 Å². The van der Waals surface area contributed by atoms with Crippen molar-refractivity contribution >= 4 is 0 Å². The van der Waals surface area contributed by atoms with Gasteiger partial charge in [-0.3, -0.25) is 0 Å². The molecule has 0 aliphatic heterocycles. The van der Waals surface area contributed by atoms with Crippen LogP contribution in [-0.2, 0) is 13.2 Å². The lowest BCUT2D eigenvalue weighted by Gasteiger charge is -2.09. The van der Waals surface area contributed by atoms with Crippen LogP contribution in [0.4, 0.5) is 0 Å². The minimum Gasteiger partial charge on any atom is -0.486 e. The lowest BCUT2D eigenvalue weighted by molar-refractivity contribution is 0.265. The minimum atomic E-state index is 0.466. The summed E-state index contributed by atoms with van der Waals surface area (Å²) in [7, 11) is 0. The highest BCUT2D eigenvalue weighted by Gasteiger charge is 2.04. The zero-order valence-corrected chi connectivity index (χ0v) is 12.5. The van der Waals surface area contributed by atoms with Gasteiger partial charge in [-0.25, -0.2) is 0 Å². The van der Waals surface area contributed by atoms with Crippen LogP contribution in [-0.4, -0.2) is 6.54 Å². The van der Waals surface area contributed by atoms with Crippen LogP contribution in [0.5, 0.6) is 5.75 Å². The predicted molar refractivity (Wildman–Crippen MR) is 81.0 cm³/mol. The first-order chi connectivity index (χ1) is 9.69. The second kappa shape index (κ2) is 7.15. The van der Waals surface area contributed by atoms with Crippen LogP contribution in [0.1, 0.15) is 43.8 Å². The maximum atomic E-state index is 5.79. The summed E-state index contributed by atoms with van der Waals surface area (Å²) in [6.45, 7) is 8.60. The molecule has 0 saturated carbocycles. The van der Waals surface area contributed by atoms with E-state index in [-0.39, 0.29) is 0 Å². The number of hydrogen-bond acceptors (Lipinski definition) is 3. The second-order valence-corrected chi connectivity index (χ2v) is 5.16. The van der Waals surface area contributed by atoms with Gasteiger partial charge in [0, 0.05) is 0 Å². The zero-order valence-electron chi connectivity index (χ0n) is 12.5. The van der Waals surface area contributed by atoms with Crippen molar-refractivity contribution in [2.75, 3.05) is 6.54 Å². The van der Waals surface area contributed by atoms with Crippen LogP contribution in [0.3, 0.4) is 0 Å². The van der Waals surface area contributed by atoms with Crippen LogP contribution in [0.15, 0.2) is 40.8 Å². The monoisotopic (exact) mass is 273 g/mol. The van der Waals surface area contributed by atoms with Crippen LogP contribution in [0, 0.1) is 0 Å². The molecular formula is C17H23NO2. The van der Waals surface area contributed by atoms with Gasteiger partial charge in [-0.05, 0) is 42.3 Å². The lowest BCUT2D eigenvalue weighted by atomic mass is 10.0. The third-order valence-corrected chi connectivity index (χ3v) is 3.17. The molecule has 0 bridgehead atoms. The van der Waals surface area contributed by atoms with Gasteiger partial charge < -0.3 is 14.5 Å². The second-order valence-electron chi connectivity index (χ2n) is 5.16. The summed E-state index contributed by atoms with van der Waals surface area (Å²) in [5, 5.41) is 3.24. The predicted octanol–water partition coefficient (Wildman–Crippen LogP) is 4.09. The van der Waals surface area contributed by atoms with E-state index in [1.165, 1.54) is 5.56 Å². The standard InChI is InChI=1S/C17H23NO2/c1-4-18-11-16-8-9-17(20-16)12-19-15-7-5-6-14(10-15)13(2)3/h5-10,13,18H,4,11-12H2,1-3H3. The van der Waals surface area contributed by atoms with Crippen molar-refractivity contribution in [3.05, 3.63) is 53.5 Å². The van der Waals surface area contributed by atoms with Crippen molar-refractivity contribution in [1.29, 1.82) is 0 Å². The Labute approximate surface area is 121 Å². The van der Waals surface area contributed by atoms with E-state index in [9.17, 15) is 0 Å². The molecule has 0 aliphatic carbocycles. The topological polar surface area (TPSA) is 34.4 Å². The average molecular weight is 273 g/mol. The molecule has 0 spiro atoms. The fraction of sp³-hybridized carbons (Fsp3) is 0.412. The molecule has 3 nitrogen and oxygen atoms in total. The SMILES string of the molecule is CCNCc1ccc(COc2cccc(C(C)C)c2)o1. The summed E-state index contributed by atoms with van der Waals surface area (Å²) in [4.78, 5) is 0. The molecule has 108 valence electrons. The largest absolute Gasteiger partial charge is 0.486 e. The number of benzene rings is 1. The van der Waals surface area contributed by atoms with Crippen molar-refractivity contribution in [2.45, 2.75) is 39.8 Å². The van der Waals surface area contributed by atoms with E-state index in [1.54, 1.807) is 0 Å². The molecule has 0 radical (unpaired) electrons. The Kier molecular flexibility index (Phi) is 5.24. The normalized spacial score (nSPS) is 11.0. The van der Waals surface area contributed by atoms with Crippen molar-refractivity contribution < 1.29 is 9.15 Å². The molecule has 1 aromatic carbocycles. The average Bonchev–Trinajstić information content (AvgIpc) is 2.91. The van der Waals surface area contributed by atoms with Gasteiger partial charge in [0.05, 0.1) is 6.54 Å². The van der Waals surface area contributed by atoms with Crippen LogP contribution in [0.25, 0.3) is 0 Å². The Hall–Kier alpha value is -1.74. The summed E-state index contributed by atoms with van der Waals surface area (Å²) < 4.78 is 11.5. The number of ether oxygens (including phenoxy) is 1. The van der Waals surface area contributed by atoms with Gasteiger partial charge in [-0.1, -0.05) is 32.9 Å². The first-order valence-electron chi connectivity index (χ1n) is 7.20. The first-order valence-corrected chi connectivity index (χ1v) is 7.20. The highest BCUT2D eigenvalue weighted by atomic mass is 16.5. The Morgan fingerprint density at radius 2 is 1.95 bits per heavy atom. The van der Waals surface area contributed by atoms with Crippen molar-refractivity contribution in [3.8, 4) is 5.75 Å². The maximum absolute atomic E-state index is 5.79.